The summed E-state index contributed by atoms with van der Waals surface area (Å²) in [6.45, 7) is 1.33. The Morgan fingerprint density at radius 2 is 1.88 bits per heavy atom. The Morgan fingerprint density at radius 1 is 1.21 bits per heavy atom. The van der Waals surface area contributed by atoms with Crippen LogP contribution >= 0.6 is 0 Å². The highest BCUT2D eigenvalue weighted by atomic mass is 19.3. The van der Waals surface area contributed by atoms with Crippen molar-refractivity contribution < 1.29 is 31.8 Å². The summed E-state index contributed by atoms with van der Waals surface area (Å²) in [5.41, 5.74) is 0.829. The number of hydrogen-bond acceptors (Lipinski definition) is 5. The van der Waals surface area contributed by atoms with Gasteiger partial charge >= 0.3 is 6.61 Å². The molecule has 1 atom stereocenters. The third-order valence-electron chi connectivity index (χ3n) is 5.28. The van der Waals surface area contributed by atoms with E-state index in [1.807, 2.05) is 0 Å². The van der Waals surface area contributed by atoms with Gasteiger partial charge in [0.1, 0.15) is 22.7 Å². The molecule has 1 aromatic carbocycles. The minimum Gasteiger partial charge on any atom is -0.496 e. The van der Waals surface area contributed by atoms with Crippen LogP contribution in [0.2, 0.25) is 0 Å². The number of hydrogen-bond donors (Lipinski definition) is 1. The lowest BCUT2D eigenvalue weighted by Crippen LogP contribution is -2.38. The second-order valence-electron chi connectivity index (χ2n) is 8.05. The maximum atomic E-state index is 13.1. The molecule has 0 aliphatic carbocycles. The number of amides is 1. The Bertz CT molecular complexity index is 1250. The fourth-order valence-corrected chi connectivity index (χ4v) is 3.30. The van der Waals surface area contributed by atoms with Crippen molar-refractivity contribution in [2.24, 2.45) is 0 Å². The van der Waals surface area contributed by atoms with Gasteiger partial charge in [-0.3, -0.25) is 9.20 Å². The Kier molecular flexibility index (Phi) is 7.00. The number of methoxy groups -OCH3 is 1. The second kappa shape index (κ2) is 9.59. The van der Waals surface area contributed by atoms with E-state index < -0.39 is 41.7 Å². The molecule has 0 spiro atoms. The van der Waals surface area contributed by atoms with Crippen LogP contribution in [0.4, 0.5) is 17.6 Å². The molecular weight excluding hydrogens is 456 g/mol. The average Bonchev–Trinajstić information content (AvgIpc) is 3.21. The summed E-state index contributed by atoms with van der Waals surface area (Å²) in [6.07, 6.45) is 0.303. The van der Waals surface area contributed by atoms with E-state index >= 15 is 0 Å². The van der Waals surface area contributed by atoms with Gasteiger partial charge in [-0.05, 0) is 50.6 Å². The molecule has 0 aliphatic heterocycles. The predicted molar refractivity (Wildman–Crippen MR) is 115 cm³/mol. The van der Waals surface area contributed by atoms with Crippen LogP contribution in [0.15, 0.2) is 36.7 Å². The fraction of sp³-hybridized carbons (Fsp3) is 0.348. The first-order valence-corrected chi connectivity index (χ1v) is 10.1. The quantitative estimate of drug-likeness (QED) is 0.470. The maximum absolute atomic E-state index is 13.1. The van der Waals surface area contributed by atoms with Crippen molar-refractivity contribution in [3.63, 3.8) is 0 Å². The monoisotopic (exact) mass is 478 g/mol. The number of nitriles is 1. The largest absolute Gasteiger partial charge is 0.496 e. The van der Waals surface area contributed by atoms with E-state index in [-0.39, 0.29) is 5.75 Å². The van der Waals surface area contributed by atoms with Crippen LogP contribution in [0.5, 0.6) is 11.5 Å². The van der Waals surface area contributed by atoms with Crippen molar-refractivity contribution in [3.05, 3.63) is 47.8 Å². The number of rotatable bonds is 8. The normalized spacial score (nSPS) is 12.6. The molecule has 0 saturated carbocycles. The first-order chi connectivity index (χ1) is 16.0. The topological polar surface area (TPSA) is 88.7 Å². The molecular formula is C23H22F4N4O3. The van der Waals surface area contributed by atoms with Gasteiger partial charge in [-0.15, -0.1) is 0 Å². The number of aromatic nitrogens is 2. The molecule has 0 fully saturated rings. The number of nitrogens with one attached hydrogen (secondary N) is 1. The third kappa shape index (κ3) is 4.90. The molecule has 1 unspecified atom stereocenters. The highest BCUT2D eigenvalue weighted by Crippen LogP contribution is 2.37. The summed E-state index contributed by atoms with van der Waals surface area (Å²) in [4.78, 5) is 16.9. The lowest BCUT2D eigenvalue weighted by molar-refractivity contribution is -0.0502. The van der Waals surface area contributed by atoms with Crippen LogP contribution in [0.3, 0.4) is 0 Å². The molecule has 3 rings (SSSR count). The Hall–Kier alpha value is -3.81. The predicted octanol–water partition coefficient (Wildman–Crippen LogP) is 4.80. The summed E-state index contributed by atoms with van der Waals surface area (Å²) in [5, 5.41) is 11.4. The zero-order valence-corrected chi connectivity index (χ0v) is 18.8. The molecule has 0 saturated heterocycles. The van der Waals surface area contributed by atoms with E-state index in [1.165, 1.54) is 25.4 Å². The van der Waals surface area contributed by atoms with Gasteiger partial charge in [0.15, 0.2) is 0 Å². The standard InChI is InChI=1S/C23H22F4N4O3/c1-12(20(24)25)30-21(32)19-16(33-4)7-13(8-17(19)34-22(26)27)15-10-29-18-9-14(5-6-31(15)18)23(2,3)11-28/h5-10,12,20,22H,1-4H3,(H,30,32). The lowest BCUT2D eigenvalue weighted by atomic mass is 9.87. The van der Waals surface area contributed by atoms with Crippen molar-refractivity contribution in [2.45, 2.75) is 45.3 Å². The molecule has 34 heavy (non-hydrogen) atoms. The van der Waals surface area contributed by atoms with Crippen LogP contribution < -0.4 is 14.8 Å². The number of imidazole rings is 1. The number of halogens is 4. The molecule has 2 heterocycles. The summed E-state index contributed by atoms with van der Waals surface area (Å²) in [6, 6.07) is 6.74. The number of alkyl halides is 4. The molecule has 11 heteroatoms. The molecule has 2 aromatic heterocycles. The van der Waals surface area contributed by atoms with Crippen molar-refractivity contribution in [1.29, 1.82) is 5.26 Å². The van der Waals surface area contributed by atoms with E-state index in [4.69, 9.17) is 4.74 Å². The third-order valence-corrected chi connectivity index (χ3v) is 5.28. The Labute approximate surface area is 192 Å². The zero-order valence-electron chi connectivity index (χ0n) is 18.8. The van der Waals surface area contributed by atoms with Gasteiger partial charge in [-0.25, -0.2) is 13.8 Å². The second-order valence-corrected chi connectivity index (χ2v) is 8.05. The maximum Gasteiger partial charge on any atom is 0.387 e. The Balaban J connectivity index is 2.13. The Morgan fingerprint density at radius 3 is 2.47 bits per heavy atom. The number of nitrogens with zero attached hydrogens (tertiary/aromatic N) is 3. The number of ether oxygens (including phenoxy) is 2. The highest BCUT2D eigenvalue weighted by Gasteiger charge is 2.27. The van der Waals surface area contributed by atoms with Gasteiger partial charge in [-0.2, -0.15) is 14.0 Å². The molecule has 0 aliphatic rings. The summed E-state index contributed by atoms with van der Waals surface area (Å²) in [7, 11) is 1.21. The van der Waals surface area contributed by atoms with Gasteiger partial charge in [0, 0.05) is 11.8 Å². The smallest absolute Gasteiger partial charge is 0.387 e. The number of fused-ring (bicyclic) bond motifs is 1. The van der Waals surface area contributed by atoms with Gasteiger partial charge in [0.2, 0.25) is 0 Å². The van der Waals surface area contributed by atoms with Crippen LogP contribution in [-0.2, 0) is 5.41 Å². The van der Waals surface area contributed by atoms with E-state index in [1.54, 1.807) is 36.6 Å². The number of benzene rings is 1. The molecule has 1 amide bonds. The van der Waals surface area contributed by atoms with E-state index in [0.29, 0.717) is 16.9 Å². The van der Waals surface area contributed by atoms with Gasteiger partial charge in [-0.1, -0.05) is 0 Å². The van der Waals surface area contributed by atoms with Crippen molar-refractivity contribution in [1.82, 2.24) is 14.7 Å². The van der Waals surface area contributed by atoms with E-state index in [0.717, 1.165) is 12.5 Å². The lowest BCUT2D eigenvalue weighted by Gasteiger charge is -2.19. The summed E-state index contributed by atoms with van der Waals surface area (Å²) < 4.78 is 63.5. The molecule has 7 nitrogen and oxygen atoms in total. The van der Waals surface area contributed by atoms with Crippen molar-refractivity contribution >= 4 is 11.6 Å². The van der Waals surface area contributed by atoms with Gasteiger partial charge in [0.05, 0.1) is 36.5 Å². The first-order valence-electron chi connectivity index (χ1n) is 10.1. The fourth-order valence-electron chi connectivity index (χ4n) is 3.30. The number of carbonyl (C=O) groups is 1. The van der Waals surface area contributed by atoms with E-state index in [2.05, 4.69) is 21.1 Å². The summed E-state index contributed by atoms with van der Waals surface area (Å²) in [5.74, 6) is -1.74. The van der Waals surface area contributed by atoms with Gasteiger partial charge < -0.3 is 14.8 Å². The van der Waals surface area contributed by atoms with E-state index in [9.17, 15) is 27.6 Å². The molecule has 1 N–H and O–H groups in total. The van der Waals surface area contributed by atoms with Crippen LogP contribution in [-0.4, -0.2) is 41.5 Å². The van der Waals surface area contributed by atoms with Gasteiger partial charge in [0.25, 0.3) is 12.3 Å². The van der Waals surface area contributed by atoms with Crippen LogP contribution in [0.25, 0.3) is 16.9 Å². The minimum absolute atomic E-state index is 0.149. The zero-order chi connectivity index (χ0) is 25.2. The summed E-state index contributed by atoms with van der Waals surface area (Å²) >= 11 is 0. The SMILES string of the molecule is COc1cc(-c2cnc3cc(C(C)(C)C#N)ccn23)cc(OC(F)F)c1C(=O)NC(C)C(F)F. The molecule has 0 bridgehead atoms. The van der Waals surface area contributed by atoms with Crippen molar-refractivity contribution in [3.8, 4) is 28.8 Å². The van der Waals surface area contributed by atoms with Crippen molar-refractivity contribution in [2.75, 3.05) is 7.11 Å². The highest BCUT2D eigenvalue weighted by molar-refractivity contribution is 6.00. The molecule has 180 valence electrons. The minimum atomic E-state index is -3.28. The molecule has 0 radical (unpaired) electrons. The van der Waals surface area contributed by atoms with Crippen LogP contribution in [0, 0.1) is 11.3 Å². The average molecular weight is 478 g/mol. The molecule has 3 aromatic rings. The number of pyridine rings is 1. The first kappa shape index (κ1) is 24.8. The van der Waals surface area contributed by atoms with Crippen LogP contribution in [0.1, 0.15) is 36.7 Å². The number of carbonyl (C=O) groups excluding carboxylic acids is 1.